The van der Waals surface area contributed by atoms with Crippen LogP contribution in [0.15, 0.2) is 48.1 Å². The van der Waals surface area contributed by atoms with E-state index in [2.05, 4.69) is 47.7 Å². The first-order chi connectivity index (χ1) is 10.8. The molecule has 0 saturated heterocycles. The third-order valence-electron chi connectivity index (χ3n) is 3.69. The van der Waals surface area contributed by atoms with Gasteiger partial charge in [-0.25, -0.2) is 4.98 Å². The van der Waals surface area contributed by atoms with E-state index in [0.717, 1.165) is 29.2 Å². The van der Waals surface area contributed by atoms with Gasteiger partial charge in [0.15, 0.2) is 5.13 Å². The van der Waals surface area contributed by atoms with Crippen LogP contribution in [0.3, 0.4) is 0 Å². The molecule has 1 aromatic carbocycles. The van der Waals surface area contributed by atoms with Gasteiger partial charge < -0.3 is 5.32 Å². The van der Waals surface area contributed by atoms with Gasteiger partial charge in [-0.3, -0.25) is 4.98 Å². The molecule has 0 spiro atoms. The monoisotopic (exact) mass is 389 g/mol. The molecular weight excluding hydrogens is 370 g/mol. The maximum absolute atomic E-state index is 4.69. The fourth-order valence-corrected chi connectivity index (χ4v) is 3.21. The highest BCUT2D eigenvalue weighted by molar-refractivity contribution is 8.93. The maximum Gasteiger partial charge on any atom is 0.187 e. The van der Waals surface area contributed by atoms with E-state index >= 15 is 0 Å². The van der Waals surface area contributed by atoms with Crippen LogP contribution in [0.4, 0.5) is 10.8 Å². The van der Waals surface area contributed by atoms with E-state index < -0.39 is 0 Å². The minimum Gasteiger partial charge on any atom is -0.331 e. The Bertz CT molecular complexity index is 734. The standard InChI is InChI=1S/C18H19N3S.BrH/c1-3-13-7-5-8-14(4-2)17(13)21-18-20-16(12-22-18)15-9-6-10-19-11-15;/h5-12H,3-4H2,1-2H3,(H,20,21);1H. The molecule has 0 unspecified atom stereocenters. The van der Waals surface area contributed by atoms with Gasteiger partial charge in [-0.05, 0) is 36.1 Å². The van der Waals surface area contributed by atoms with Crippen molar-refractivity contribution < 1.29 is 0 Å². The molecule has 0 aliphatic carbocycles. The van der Waals surface area contributed by atoms with Gasteiger partial charge in [0.25, 0.3) is 0 Å². The molecule has 3 nitrogen and oxygen atoms in total. The van der Waals surface area contributed by atoms with E-state index in [1.54, 1.807) is 17.5 Å². The number of benzene rings is 1. The van der Waals surface area contributed by atoms with Gasteiger partial charge in [-0.1, -0.05) is 32.0 Å². The van der Waals surface area contributed by atoms with E-state index in [9.17, 15) is 0 Å². The second kappa shape index (κ2) is 8.22. The Morgan fingerprint density at radius 3 is 2.39 bits per heavy atom. The average Bonchev–Trinajstić information content (AvgIpc) is 3.04. The summed E-state index contributed by atoms with van der Waals surface area (Å²) in [5.41, 5.74) is 5.88. The lowest BCUT2D eigenvalue weighted by Crippen LogP contribution is -1.99. The van der Waals surface area contributed by atoms with Crippen LogP contribution in [0.1, 0.15) is 25.0 Å². The predicted molar refractivity (Wildman–Crippen MR) is 104 cm³/mol. The van der Waals surface area contributed by atoms with Gasteiger partial charge in [-0.15, -0.1) is 28.3 Å². The SMILES string of the molecule is Br.CCc1cccc(CC)c1Nc1nc(-c2cccnc2)cs1. The number of nitrogens with one attached hydrogen (secondary N) is 1. The van der Waals surface area contributed by atoms with Crippen LogP contribution in [0.25, 0.3) is 11.3 Å². The zero-order valence-corrected chi connectivity index (χ0v) is 15.8. The van der Waals surface area contributed by atoms with Crippen molar-refractivity contribution in [2.75, 3.05) is 5.32 Å². The van der Waals surface area contributed by atoms with Gasteiger partial charge in [-0.2, -0.15) is 0 Å². The largest absolute Gasteiger partial charge is 0.331 e. The molecule has 2 heterocycles. The average molecular weight is 390 g/mol. The summed E-state index contributed by atoms with van der Waals surface area (Å²) in [6, 6.07) is 10.5. The first kappa shape index (κ1) is 17.6. The van der Waals surface area contributed by atoms with Crippen LogP contribution in [-0.2, 0) is 12.8 Å². The fraction of sp³-hybridized carbons (Fsp3) is 0.222. The molecule has 0 amide bonds. The Labute approximate surface area is 151 Å². The van der Waals surface area contributed by atoms with Crippen molar-refractivity contribution in [3.05, 3.63) is 59.2 Å². The third-order valence-corrected chi connectivity index (χ3v) is 4.45. The number of halogens is 1. The number of pyridine rings is 1. The molecule has 0 fully saturated rings. The van der Waals surface area contributed by atoms with E-state index in [1.165, 1.54) is 16.8 Å². The van der Waals surface area contributed by atoms with E-state index in [1.807, 2.05) is 18.3 Å². The van der Waals surface area contributed by atoms with Gasteiger partial charge in [0, 0.05) is 29.0 Å². The lowest BCUT2D eigenvalue weighted by Gasteiger charge is -2.13. The predicted octanol–water partition coefficient (Wildman–Crippen LogP) is 5.65. The van der Waals surface area contributed by atoms with Gasteiger partial charge >= 0.3 is 0 Å². The molecule has 2 aromatic heterocycles. The second-order valence-corrected chi connectivity index (χ2v) is 5.92. The van der Waals surface area contributed by atoms with Crippen molar-refractivity contribution in [3.63, 3.8) is 0 Å². The van der Waals surface area contributed by atoms with Gasteiger partial charge in [0.2, 0.25) is 0 Å². The molecule has 120 valence electrons. The summed E-state index contributed by atoms with van der Waals surface area (Å²) in [6.45, 7) is 4.37. The molecular formula is C18H20BrN3S. The quantitative estimate of drug-likeness (QED) is 0.612. The molecule has 0 aliphatic heterocycles. The lowest BCUT2D eigenvalue weighted by atomic mass is 10.0. The van der Waals surface area contributed by atoms with Crippen molar-refractivity contribution in [1.82, 2.24) is 9.97 Å². The molecule has 5 heteroatoms. The minimum atomic E-state index is 0. The summed E-state index contributed by atoms with van der Waals surface area (Å²) in [7, 11) is 0. The van der Waals surface area contributed by atoms with Crippen molar-refractivity contribution in [3.8, 4) is 11.3 Å². The smallest absolute Gasteiger partial charge is 0.187 e. The number of hydrogen-bond donors (Lipinski definition) is 1. The number of aromatic nitrogens is 2. The molecule has 0 aliphatic rings. The number of anilines is 2. The van der Waals surface area contributed by atoms with E-state index in [-0.39, 0.29) is 17.0 Å². The number of aryl methyl sites for hydroxylation is 2. The van der Waals surface area contributed by atoms with Crippen molar-refractivity contribution in [2.24, 2.45) is 0 Å². The van der Waals surface area contributed by atoms with Crippen LogP contribution in [0.2, 0.25) is 0 Å². The highest BCUT2D eigenvalue weighted by Gasteiger charge is 2.09. The maximum atomic E-state index is 4.69. The Hall–Kier alpha value is -1.72. The molecule has 0 saturated carbocycles. The Morgan fingerprint density at radius 1 is 1.04 bits per heavy atom. The molecule has 0 bridgehead atoms. The highest BCUT2D eigenvalue weighted by Crippen LogP contribution is 2.30. The van der Waals surface area contributed by atoms with Crippen LogP contribution >= 0.6 is 28.3 Å². The first-order valence-corrected chi connectivity index (χ1v) is 8.43. The van der Waals surface area contributed by atoms with Crippen LogP contribution in [0.5, 0.6) is 0 Å². The van der Waals surface area contributed by atoms with Crippen LogP contribution in [-0.4, -0.2) is 9.97 Å². The summed E-state index contributed by atoms with van der Waals surface area (Å²) in [4.78, 5) is 8.85. The summed E-state index contributed by atoms with van der Waals surface area (Å²) < 4.78 is 0. The zero-order chi connectivity index (χ0) is 15.4. The number of nitrogens with zero attached hydrogens (tertiary/aromatic N) is 2. The lowest BCUT2D eigenvalue weighted by molar-refractivity contribution is 1.09. The molecule has 3 rings (SSSR count). The summed E-state index contributed by atoms with van der Waals surface area (Å²) in [5, 5.41) is 6.51. The normalized spacial score (nSPS) is 10.2. The molecule has 3 aromatic rings. The van der Waals surface area contributed by atoms with Crippen LogP contribution in [0, 0.1) is 0 Å². The first-order valence-electron chi connectivity index (χ1n) is 7.55. The van der Waals surface area contributed by atoms with Crippen molar-refractivity contribution >= 4 is 39.1 Å². The molecule has 0 radical (unpaired) electrons. The number of rotatable bonds is 5. The molecule has 1 N–H and O–H groups in total. The Morgan fingerprint density at radius 2 is 1.78 bits per heavy atom. The Balaban J connectivity index is 0.00000192. The third kappa shape index (κ3) is 3.98. The number of hydrogen-bond acceptors (Lipinski definition) is 4. The van der Waals surface area contributed by atoms with Gasteiger partial charge in [0.1, 0.15) is 0 Å². The van der Waals surface area contributed by atoms with Crippen molar-refractivity contribution in [2.45, 2.75) is 26.7 Å². The number of thiazole rings is 1. The zero-order valence-electron chi connectivity index (χ0n) is 13.2. The van der Waals surface area contributed by atoms with Crippen LogP contribution < -0.4 is 5.32 Å². The summed E-state index contributed by atoms with van der Waals surface area (Å²) in [5.74, 6) is 0. The Kier molecular flexibility index (Phi) is 6.30. The topological polar surface area (TPSA) is 37.8 Å². The van der Waals surface area contributed by atoms with Crippen molar-refractivity contribution in [1.29, 1.82) is 0 Å². The van der Waals surface area contributed by atoms with E-state index in [0.29, 0.717) is 0 Å². The summed E-state index contributed by atoms with van der Waals surface area (Å²) in [6.07, 6.45) is 5.64. The number of para-hydroxylation sites is 1. The second-order valence-electron chi connectivity index (χ2n) is 5.06. The minimum absolute atomic E-state index is 0. The molecule has 0 atom stereocenters. The van der Waals surface area contributed by atoms with Gasteiger partial charge in [0.05, 0.1) is 5.69 Å². The summed E-state index contributed by atoms with van der Waals surface area (Å²) >= 11 is 1.63. The highest BCUT2D eigenvalue weighted by atomic mass is 79.9. The van der Waals surface area contributed by atoms with E-state index in [4.69, 9.17) is 4.98 Å². The molecule has 23 heavy (non-hydrogen) atoms. The fourth-order valence-electron chi connectivity index (χ4n) is 2.49.